The SMILES string of the molecule is COc1ccc(C(=O)c2ccc(CO)o2)cc1. The molecule has 0 aliphatic carbocycles. The molecule has 1 aromatic heterocycles. The molecule has 17 heavy (non-hydrogen) atoms. The molecule has 0 radical (unpaired) electrons. The van der Waals surface area contributed by atoms with Crippen LogP contribution >= 0.6 is 0 Å². The van der Waals surface area contributed by atoms with E-state index in [1.807, 2.05) is 0 Å². The van der Waals surface area contributed by atoms with Crippen molar-refractivity contribution in [3.05, 3.63) is 53.5 Å². The third kappa shape index (κ3) is 2.37. The van der Waals surface area contributed by atoms with Crippen molar-refractivity contribution in [3.8, 4) is 5.75 Å². The fourth-order valence-electron chi connectivity index (χ4n) is 1.47. The van der Waals surface area contributed by atoms with E-state index in [0.29, 0.717) is 17.1 Å². The summed E-state index contributed by atoms with van der Waals surface area (Å²) in [5.74, 6) is 1.07. The second-order valence-corrected chi connectivity index (χ2v) is 3.48. The van der Waals surface area contributed by atoms with Gasteiger partial charge in [0.25, 0.3) is 0 Å². The summed E-state index contributed by atoms with van der Waals surface area (Å²) in [6, 6.07) is 9.89. The molecule has 2 aromatic rings. The number of aliphatic hydroxyl groups is 1. The van der Waals surface area contributed by atoms with Gasteiger partial charge in [0.1, 0.15) is 18.1 Å². The van der Waals surface area contributed by atoms with Crippen molar-refractivity contribution in [2.24, 2.45) is 0 Å². The molecular weight excluding hydrogens is 220 g/mol. The molecule has 0 aliphatic heterocycles. The molecule has 0 amide bonds. The van der Waals surface area contributed by atoms with Crippen LogP contribution in [0.5, 0.6) is 5.75 Å². The molecule has 1 heterocycles. The fraction of sp³-hybridized carbons (Fsp3) is 0.154. The average Bonchev–Trinajstić information content (AvgIpc) is 2.87. The van der Waals surface area contributed by atoms with Gasteiger partial charge in [-0.3, -0.25) is 4.79 Å². The summed E-state index contributed by atoms with van der Waals surface area (Å²) < 4.78 is 10.2. The lowest BCUT2D eigenvalue weighted by Crippen LogP contribution is -1.99. The van der Waals surface area contributed by atoms with E-state index >= 15 is 0 Å². The van der Waals surface area contributed by atoms with Crippen LogP contribution in [0.4, 0.5) is 0 Å². The molecule has 0 bridgehead atoms. The van der Waals surface area contributed by atoms with Crippen molar-refractivity contribution in [2.45, 2.75) is 6.61 Å². The summed E-state index contributed by atoms with van der Waals surface area (Å²) in [4.78, 5) is 12.0. The highest BCUT2D eigenvalue weighted by molar-refractivity contribution is 6.07. The van der Waals surface area contributed by atoms with E-state index in [-0.39, 0.29) is 18.2 Å². The third-order valence-corrected chi connectivity index (χ3v) is 2.39. The molecule has 0 saturated carbocycles. The van der Waals surface area contributed by atoms with Gasteiger partial charge in [0, 0.05) is 5.56 Å². The summed E-state index contributed by atoms with van der Waals surface area (Å²) in [5, 5.41) is 8.85. The Morgan fingerprint density at radius 3 is 2.47 bits per heavy atom. The van der Waals surface area contributed by atoms with Crippen LogP contribution in [0.3, 0.4) is 0 Å². The average molecular weight is 232 g/mol. The normalized spacial score (nSPS) is 10.2. The monoisotopic (exact) mass is 232 g/mol. The van der Waals surface area contributed by atoms with Gasteiger partial charge in [-0.2, -0.15) is 0 Å². The fourth-order valence-corrected chi connectivity index (χ4v) is 1.47. The zero-order valence-corrected chi connectivity index (χ0v) is 9.34. The molecule has 0 aliphatic rings. The second-order valence-electron chi connectivity index (χ2n) is 3.48. The maximum Gasteiger partial charge on any atom is 0.228 e. The Balaban J connectivity index is 2.23. The minimum atomic E-state index is -0.215. The van der Waals surface area contributed by atoms with E-state index in [2.05, 4.69) is 0 Å². The number of ether oxygens (including phenoxy) is 1. The van der Waals surface area contributed by atoms with Crippen LogP contribution in [-0.2, 0) is 6.61 Å². The number of rotatable bonds is 4. The lowest BCUT2D eigenvalue weighted by molar-refractivity contribution is 0.100. The minimum Gasteiger partial charge on any atom is -0.497 e. The summed E-state index contributed by atoms with van der Waals surface area (Å²) in [7, 11) is 1.57. The van der Waals surface area contributed by atoms with Crippen molar-refractivity contribution < 1.29 is 19.1 Å². The van der Waals surface area contributed by atoms with Crippen LogP contribution in [0.1, 0.15) is 21.9 Å². The number of carbonyl (C=O) groups excluding carboxylic acids is 1. The van der Waals surface area contributed by atoms with Crippen molar-refractivity contribution in [1.29, 1.82) is 0 Å². The second kappa shape index (κ2) is 4.84. The van der Waals surface area contributed by atoms with Gasteiger partial charge in [0.05, 0.1) is 7.11 Å². The van der Waals surface area contributed by atoms with E-state index in [9.17, 15) is 4.79 Å². The van der Waals surface area contributed by atoms with E-state index in [0.717, 1.165) is 0 Å². The Morgan fingerprint density at radius 1 is 1.24 bits per heavy atom. The van der Waals surface area contributed by atoms with Gasteiger partial charge in [-0.25, -0.2) is 0 Å². The molecule has 0 saturated heterocycles. The Morgan fingerprint density at radius 2 is 1.94 bits per heavy atom. The predicted molar refractivity (Wildman–Crippen MR) is 61.1 cm³/mol. The number of methoxy groups -OCH3 is 1. The van der Waals surface area contributed by atoms with Gasteiger partial charge in [-0.1, -0.05) is 0 Å². The number of ketones is 1. The van der Waals surface area contributed by atoms with Crippen LogP contribution < -0.4 is 4.74 Å². The van der Waals surface area contributed by atoms with Crippen molar-refractivity contribution in [1.82, 2.24) is 0 Å². The van der Waals surface area contributed by atoms with Crippen molar-refractivity contribution in [3.63, 3.8) is 0 Å². The molecule has 0 spiro atoms. The standard InChI is InChI=1S/C13H12O4/c1-16-10-4-2-9(3-5-10)13(15)12-7-6-11(8-14)17-12/h2-7,14H,8H2,1H3. The van der Waals surface area contributed by atoms with E-state index in [1.165, 1.54) is 0 Å². The van der Waals surface area contributed by atoms with E-state index in [1.54, 1.807) is 43.5 Å². The highest BCUT2D eigenvalue weighted by atomic mass is 16.5. The smallest absolute Gasteiger partial charge is 0.228 e. The summed E-state index contributed by atoms with van der Waals surface area (Å²) in [5.41, 5.74) is 0.518. The van der Waals surface area contributed by atoms with E-state index in [4.69, 9.17) is 14.3 Å². The number of benzene rings is 1. The van der Waals surface area contributed by atoms with Gasteiger partial charge in [0.15, 0.2) is 5.76 Å². The molecule has 2 rings (SSSR count). The number of hydrogen-bond donors (Lipinski definition) is 1. The lowest BCUT2D eigenvalue weighted by atomic mass is 10.1. The Labute approximate surface area is 98.4 Å². The largest absolute Gasteiger partial charge is 0.497 e. The van der Waals surface area contributed by atoms with Crippen molar-refractivity contribution in [2.75, 3.05) is 7.11 Å². The molecular formula is C13H12O4. The minimum absolute atomic E-state index is 0.212. The lowest BCUT2D eigenvalue weighted by Gasteiger charge is -2.01. The van der Waals surface area contributed by atoms with Crippen molar-refractivity contribution >= 4 is 5.78 Å². The quantitative estimate of drug-likeness (QED) is 0.819. The molecule has 88 valence electrons. The van der Waals surface area contributed by atoms with Gasteiger partial charge in [0.2, 0.25) is 5.78 Å². The Bertz CT molecular complexity index is 510. The first-order valence-electron chi connectivity index (χ1n) is 5.13. The summed E-state index contributed by atoms with van der Waals surface area (Å²) in [6.45, 7) is -0.212. The highest BCUT2D eigenvalue weighted by Crippen LogP contribution is 2.16. The zero-order valence-electron chi connectivity index (χ0n) is 9.34. The number of furan rings is 1. The van der Waals surface area contributed by atoms with Gasteiger partial charge >= 0.3 is 0 Å². The van der Waals surface area contributed by atoms with Gasteiger partial charge < -0.3 is 14.3 Å². The number of hydrogen-bond acceptors (Lipinski definition) is 4. The highest BCUT2D eigenvalue weighted by Gasteiger charge is 2.13. The topological polar surface area (TPSA) is 59.7 Å². The Hall–Kier alpha value is -2.07. The number of aliphatic hydroxyl groups excluding tert-OH is 1. The van der Waals surface area contributed by atoms with Gasteiger partial charge in [-0.15, -0.1) is 0 Å². The molecule has 4 heteroatoms. The molecule has 4 nitrogen and oxygen atoms in total. The number of carbonyl (C=O) groups is 1. The maximum absolute atomic E-state index is 12.0. The van der Waals surface area contributed by atoms with Crippen LogP contribution in [-0.4, -0.2) is 18.0 Å². The van der Waals surface area contributed by atoms with E-state index < -0.39 is 0 Å². The molecule has 0 fully saturated rings. The summed E-state index contributed by atoms with van der Waals surface area (Å²) >= 11 is 0. The van der Waals surface area contributed by atoms with Crippen LogP contribution in [0.25, 0.3) is 0 Å². The molecule has 0 unspecified atom stereocenters. The first kappa shape index (κ1) is 11.4. The third-order valence-electron chi connectivity index (χ3n) is 2.39. The zero-order chi connectivity index (χ0) is 12.3. The van der Waals surface area contributed by atoms with Crippen LogP contribution in [0.2, 0.25) is 0 Å². The first-order chi connectivity index (χ1) is 8.24. The predicted octanol–water partition coefficient (Wildman–Crippen LogP) is 2.01. The Kier molecular flexibility index (Phi) is 3.25. The van der Waals surface area contributed by atoms with Crippen LogP contribution in [0.15, 0.2) is 40.8 Å². The maximum atomic E-state index is 12.0. The first-order valence-corrected chi connectivity index (χ1v) is 5.13. The molecule has 0 atom stereocenters. The molecule has 1 N–H and O–H groups in total. The van der Waals surface area contributed by atoms with Gasteiger partial charge in [-0.05, 0) is 36.4 Å². The molecule has 1 aromatic carbocycles. The van der Waals surface area contributed by atoms with Crippen LogP contribution in [0, 0.1) is 0 Å². The summed E-state index contributed by atoms with van der Waals surface area (Å²) in [6.07, 6.45) is 0.